The van der Waals surface area contributed by atoms with Gasteiger partial charge in [-0.2, -0.15) is 0 Å². The maximum atomic E-state index is 11.9. The molecule has 1 aliphatic rings. The van der Waals surface area contributed by atoms with Crippen molar-refractivity contribution in [3.8, 4) is 11.3 Å². The summed E-state index contributed by atoms with van der Waals surface area (Å²) in [5.74, 6) is 0.777. The molecule has 2 N–H and O–H groups in total. The average molecular weight is 328 g/mol. The van der Waals surface area contributed by atoms with Gasteiger partial charge in [-0.3, -0.25) is 4.79 Å². The lowest BCUT2D eigenvalue weighted by molar-refractivity contribution is 0.0933. The molecule has 5 nitrogen and oxygen atoms in total. The summed E-state index contributed by atoms with van der Waals surface area (Å²) in [5.41, 5.74) is 0.996. The third kappa shape index (κ3) is 3.56. The number of hydrogen-bond acceptors (Lipinski definition) is 4. The molecule has 3 rings (SSSR count). The number of rotatable bonds is 4. The van der Waals surface area contributed by atoms with E-state index in [1.807, 2.05) is 18.2 Å². The second kappa shape index (κ2) is 6.93. The standard InChI is InChI=1S/C14H14ClN3O2.ClH/c15-11-4-2-1-3-10(11)13-5-12(18-20-13)14(19)17-8-9-6-16-7-9;/h1-5,9,16H,6-8H2,(H,17,19);1H. The molecule has 0 unspecified atom stereocenters. The van der Waals surface area contributed by atoms with Gasteiger partial charge in [0, 0.05) is 37.2 Å². The fraction of sp³-hybridized carbons (Fsp3) is 0.286. The van der Waals surface area contributed by atoms with Crippen molar-refractivity contribution in [2.45, 2.75) is 0 Å². The largest absolute Gasteiger partial charge is 0.355 e. The summed E-state index contributed by atoms with van der Waals surface area (Å²) in [5, 5.41) is 10.4. The molecule has 7 heteroatoms. The Hall–Kier alpha value is -1.56. The van der Waals surface area contributed by atoms with Gasteiger partial charge < -0.3 is 15.2 Å². The van der Waals surface area contributed by atoms with E-state index >= 15 is 0 Å². The van der Waals surface area contributed by atoms with Gasteiger partial charge >= 0.3 is 0 Å². The fourth-order valence-corrected chi connectivity index (χ4v) is 2.22. The van der Waals surface area contributed by atoms with Gasteiger partial charge in [0.05, 0.1) is 5.02 Å². The van der Waals surface area contributed by atoms with Crippen LogP contribution in [0.4, 0.5) is 0 Å². The smallest absolute Gasteiger partial charge is 0.273 e. The van der Waals surface area contributed by atoms with E-state index < -0.39 is 0 Å². The van der Waals surface area contributed by atoms with E-state index in [4.69, 9.17) is 16.1 Å². The van der Waals surface area contributed by atoms with Gasteiger partial charge in [0.2, 0.25) is 0 Å². The first kappa shape index (κ1) is 15.8. The lowest BCUT2D eigenvalue weighted by Crippen LogP contribution is -2.48. The van der Waals surface area contributed by atoms with Gasteiger partial charge in [-0.15, -0.1) is 12.4 Å². The lowest BCUT2D eigenvalue weighted by Gasteiger charge is -2.26. The minimum absolute atomic E-state index is 0. The molecule has 112 valence electrons. The topological polar surface area (TPSA) is 67.2 Å². The molecule has 0 aliphatic carbocycles. The molecule has 1 aliphatic heterocycles. The molecule has 1 aromatic heterocycles. The Bertz CT molecular complexity index is 626. The number of carbonyl (C=O) groups is 1. The number of hydrogen-bond donors (Lipinski definition) is 2. The van der Waals surface area contributed by atoms with E-state index in [1.165, 1.54) is 0 Å². The molecule has 1 fully saturated rings. The summed E-state index contributed by atoms with van der Waals surface area (Å²) in [6.07, 6.45) is 0. The van der Waals surface area contributed by atoms with Crippen LogP contribution in [-0.4, -0.2) is 30.7 Å². The Morgan fingerprint density at radius 1 is 1.43 bits per heavy atom. The Labute approximate surface area is 133 Å². The summed E-state index contributed by atoms with van der Waals surface area (Å²) >= 11 is 6.08. The number of halogens is 2. The molecule has 1 amide bonds. The van der Waals surface area contributed by atoms with Crippen molar-refractivity contribution in [1.82, 2.24) is 15.8 Å². The van der Waals surface area contributed by atoms with Crippen molar-refractivity contribution in [2.24, 2.45) is 5.92 Å². The SMILES string of the molecule is Cl.O=C(NCC1CNC1)c1cc(-c2ccccc2Cl)on1. The normalized spacial score (nSPS) is 14.1. The highest BCUT2D eigenvalue weighted by Crippen LogP contribution is 2.27. The number of nitrogens with zero attached hydrogens (tertiary/aromatic N) is 1. The van der Waals surface area contributed by atoms with E-state index in [2.05, 4.69) is 15.8 Å². The van der Waals surface area contributed by atoms with Gasteiger partial charge in [0.25, 0.3) is 5.91 Å². The van der Waals surface area contributed by atoms with Gasteiger partial charge in [0.15, 0.2) is 11.5 Å². The Kier molecular flexibility index (Phi) is 5.22. The predicted octanol–water partition coefficient (Wildman–Crippen LogP) is 2.37. The summed E-state index contributed by atoms with van der Waals surface area (Å²) in [4.78, 5) is 11.9. The molecule has 21 heavy (non-hydrogen) atoms. The molecule has 2 heterocycles. The van der Waals surface area contributed by atoms with Gasteiger partial charge in [-0.1, -0.05) is 28.9 Å². The van der Waals surface area contributed by atoms with E-state index in [0.29, 0.717) is 23.2 Å². The van der Waals surface area contributed by atoms with Crippen LogP contribution in [0.3, 0.4) is 0 Å². The third-order valence-electron chi connectivity index (χ3n) is 3.30. The first-order chi connectivity index (χ1) is 9.74. The maximum absolute atomic E-state index is 11.9. The molecule has 0 spiro atoms. The van der Waals surface area contributed by atoms with Gasteiger partial charge in [0.1, 0.15) is 0 Å². The second-order valence-electron chi connectivity index (χ2n) is 4.79. The quantitative estimate of drug-likeness (QED) is 0.904. The first-order valence-electron chi connectivity index (χ1n) is 6.44. The monoisotopic (exact) mass is 327 g/mol. The second-order valence-corrected chi connectivity index (χ2v) is 5.20. The third-order valence-corrected chi connectivity index (χ3v) is 3.63. The summed E-state index contributed by atoms with van der Waals surface area (Å²) in [6.45, 7) is 2.55. The Morgan fingerprint density at radius 3 is 2.86 bits per heavy atom. The maximum Gasteiger partial charge on any atom is 0.273 e. The highest BCUT2D eigenvalue weighted by molar-refractivity contribution is 6.33. The molecule has 2 aromatic rings. The highest BCUT2D eigenvalue weighted by atomic mass is 35.5. The zero-order valence-corrected chi connectivity index (χ0v) is 12.7. The predicted molar refractivity (Wildman–Crippen MR) is 82.9 cm³/mol. The zero-order valence-electron chi connectivity index (χ0n) is 11.1. The summed E-state index contributed by atoms with van der Waals surface area (Å²) in [6, 6.07) is 8.89. The van der Waals surface area contributed by atoms with Gasteiger partial charge in [-0.05, 0) is 12.1 Å². The molecule has 1 aromatic carbocycles. The number of amides is 1. The van der Waals surface area contributed by atoms with Crippen molar-refractivity contribution in [3.05, 3.63) is 41.0 Å². The van der Waals surface area contributed by atoms with Crippen LogP contribution in [0.5, 0.6) is 0 Å². The Balaban J connectivity index is 0.00000161. The molecular formula is C14H15Cl2N3O2. The van der Waals surface area contributed by atoms with Crippen molar-refractivity contribution in [2.75, 3.05) is 19.6 Å². The van der Waals surface area contributed by atoms with Crippen LogP contribution in [0.15, 0.2) is 34.9 Å². The molecule has 0 saturated carbocycles. The summed E-state index contributed by atoms with van der Waals surface area (Å²) in [7, 11) is 0. The average Bonchev–Trinajstić information content (AvgIpc) is 2.87. The van der Waals surface area contributed by atoms with Crippen LogP contribution in [0.1, 0.15) is 10.5 Å². The number of benzene rings is 1. The number of nitrogens with one attached hydrogen (secondary N) is 2. The summed E-state index contributed by atoms with van der Waals surface area (Å²) < 4.78 is 5.19. The molecule has 1 saturated heterocycles. The van der Waals surface area contributed by atoms with E-state index in [0.717, 1.165) is 18.7 Å². The van der Waals surface area contributed by atoms with Crippen LogP contribution in [-0.2, 0) is 0 Å². The zero-order chi connectivity index (χ0) is 13.9. The van der Waals surface area contributed by atoms with E-state index in [9.17, 15) is 4.79 Å². The molecular weight excluding hydrogens is 313 g/mol. The van der Waals surface area contributed by atoms with Crippen LogP contribution < -0.4 is 10.6 Å². The number of carbonyl (C=O) groups excluding carboxylic acids is 1. The molecule has 0 atom stereocenters. The van der Waals surface area contributed by atoms with Crippen molar-refractivity contribution in [1.29, 1.82) is 0 Å². The highest BCUT2D eigenvalue weighted by Gasteiger charge is 2.19. The first-order valence-corrected chi connectivity index (χ1v) is 6.82. The minimum atomic E-state index is -0.223. The number of aromatic nitrogens is 1. The van der Waals surface area contributed by atoms with E-state index in [-0.39, 0.29) is 24.0 Å². The van der Waals surface area contributed by atoms with Crippen LogP contribution in [0.2, 0.25) is 5.02 Å². The van der Waals surface area contributed by atoms with Gasteiger partial charge in [-0.25, -0.2) is 0 Å². The lowest BCUT2D eigenvalue weighted by atomic mass is 10.0. The van der Waals surface area contributed by atoms with Crippen molar-refractivity contribution in [3.63, 3.8) is 0 Å². The van der Waals surface area contributed by atoms with Crippen LogP contribution >= 0.6 is 24.0 Å². The van der Waals surface area contributed by atoms with Crippen LogP contribution in [0, 0.1) is 5.92 Å². The molecule has 0 bridgehead atoms. The molecule has 0 radical (unpaired) electrons. The van der Waals surface area contributed by atoms with Crippen molar-refractivity contribution >= 4 is 29.9 Å². The Morgan fingerprint density at radius 2 is 2.19 bits per heavy atom. The van der Waals surface area contributed by atoms with Crippen molar-refractivity contribution < 1.29 is 9.32 Å². The minimum Gasteiger partial charge on any atom is -0.355 e. The van der Waals surface area contributed by atoms with E-state index in [1.54, 1.807) is 12.1 Å². The fourth-order valence-electron chi connectivity index (χ4n) is 1.99. The van der Waals surface area contributed by atoms with Crippen LogP contribution in [0.25, 0.3) is 11.3 Å².